The van der Waals surface area contributed by atoms with Crippen LogP contribution in [0.25, 0.3) is 0 Å². The fourth-order valence-electron chi connectivity index (χ4n) is 2.25. The molecule has 0 saturated heterocycles. The molecule has 0 aromatic heterocycles. The van der Waals surface area contributed by atoms with Crippen molar-refractivity contribution >= 4 is 18.2 Å². The van der Waals surface area contributed by atoms with Crippen LogP contribution >= 0.6 is 11.8 Å². The van der Waals surface area contributed by atoms with Gasteiger partial charge in [-0.25, -0.2) is 0 Å². The summed E-state index contributed by atoms with van der Waals surface area (Å²) in [5.74, 6) is 1.05. The molecule has 128 valence electrons. The minimum absolute atomic E-state index is 0.318. The van der Waals surface area contributed by atoms with Gasteiger partial charge in [0.1, 0.15) is 5.60 Å². The van der Waals surface area contributed by atoms with Crippen LogP contribution in [-0.4, -0.2) is 12.1 Å². The van der Waals surface area contributed by atoms with Crippen molar-refractivity contribution in [1.29, 1.82) is 0 Å². The number of hydrogen-bond donors (Lipinski definition) is 1. The maximum atomic E-state index is 9.60. The molecule has 3 rings (SSSR count). The third-order valence-corrected chi connectivity index (χ3v) is 4.52. The number of thioether (sulfide) groups is 1. The molecule has 0 unspecified atom stereocenters. The molecule has 0 fully saturated rings. The Hall–Kier alpha value is -1.78. The highest BCUT2D eigenvalue weighted by atomic mass is 32.2. The van der Waals surface area contributed by atoms with Crippen LogP contribution in [0.1, 0.15) is 37.5 Å². The van der Waals surface area contributed by atoms with Crippen LogP contribution in [-0.2, 0) is 28.4 Å². The van der Waals surface area contributed by atoms with Crippen molar-refractivity contribution < 1.29 is 9.53 Å². The van der Waals surface area contributed by atoms with Crippen LogP contribution in [0.2, 0.25) is 0 Å². The Labute approximate surface area is 148 Å². The second kappa shape index (κ2) is 8.90. The number of nitrogens with one attached hydrogen (secondary N) is 1. The molecule has 1 aliphatic heterocycles. The topological polar surface area (TPSA) is 38.3 Å². The largest absolute Gasteiger partial charge is 0.462 e. The van der Waals surface area contributed by atoms with Crippen molar-refractivity contribution in [3.05, 3.63) is 65.2 Å². The third kappa shape index (κ3) is 6.38. The number of rotatable bonds is 4. The van der Waals surface area contributed by atoms with E-state index < -0.39 is 0 Å². The highest BCUT2D eigenvalue weighted by Crippen LogP contribution is 2.26. The SMILES string of the molecule is CC(C)(C)OC=O.c1ccc(CSc2ccc3c(c2)CNC3)cc1. The van der Waals surface area contributed by atoms with E-state index in [1.165, 1.54) is 21.6 Å². The monoisotopic (exact) mass is 343 g/mol. The molecule has 4 heteroatoms. The van der Waals surface area contributed by atoms with Crippen molar-refractivity contribution in [2.75, 3.05) is 0 Å². The Morgan fingerprint density at radius 1 is 1.08 bits per heavy atom. The zero-order chi connectivity index (χ0) is 17.4. The highest BCUT2D eigenvalue weighted by Gasteiger charge is 2.10. The van der Waals surface area contributed by atoms with Gasteiger partial charge in [-0.05, 0) is 49.6 Å². The van der Waals surface area contributed by atoms with Crippen LogP contribution in [0.3, 0.4) is 0 Å². The molecule has 0 spiro atoms. The minimum atomic E-state index is -0.318. The third-order valence-electron chi connectivity index (χ3n) is 3.46. The summed E-state index contributed by atoms with van der Waals surface area (Å²) in [6.07, 6.45) is 0. The van der Waals surface area contributed by atoms with Gasteiger partial charge in [0, 0.05) is 23.7 Å². The fraction of sp³-hybridized carbons (Fsp3) is 0.350. The summed E-state index contributed by atoms with van der Waals surface area (Å²) in [7, 11) is 0. The summed E-state index contributed by atoms with van der Waals surface area (Å²) in [4.78, 5) is 11.0. The van der Waals surface area contributed by atoms with E-state index >= 15 is 0 Å². The number of carbonyl (C=O) groups is 1. The zero-order valence-corrected chi connectivity index (χ0v) is 15.4. The lowest BCUT2D eigenvalue weighted by Gasteiger charge is -2.14. The molecule has 0 amide bonds. The van der Waals surface area contributed by atoms with Gasteiger partial charge < -0.3 is 10.1 Å². The first-order valence-corrected chi connectivity index (χ1v) is 9.07. The maximum Gasteiger partial charge on any atom is 0.293 e. The Kier molecular flexibility index (Phi) is 6.88. The highest BCUT2D eigenvalue weighted by molar-refractivity contribution is 7.98. The summed E-state index contributed by atoms with van der Waals surface area (Å²) < 4.78 is 4.55. The van der Waals surface area contributed by atoms with E-state index in [1.807, 2.05) is 32.5 Å². The number of carbonyl (C=O) groups excluding carboxylic acids is 1. The van der Waals surface area contributed by atoms with Gasteiger partial charge in [0.2, 0.25) is 0 Å². The van der Waals surface area contributed by atoms with Crippen LogP contribution in [0, 0.1) is 0 Å². The Morgan fingerprint density at radius 2 is 1.79 bits per heavy atom. The van der Waals surface area contributed by atoms with Gasteiger partial charge in [-0.3, -0.25) is 4.79 Å². The first-order chi connectivity index (χ1) is 11.5. The first kappa shape index (κ1) is 18.6. The van der Waals surface area contributed by atoms with E-state index in [4.69, 9.17) is 0 Å². The van der Waals surface area contributed by atoms with Crippen molar-refractivity contribution in [3.8, 4) is 0 Å². The van der Waals surface area contributed by atoms with E-state index in [0.717, 1.165) is 18.8 Å². The summed E-state index contributed by atoms with van der Waals surface area (Å²) in [5, 5.41) is 3.38. The number of fused-ring (bicyclic) bond motifs is 1. The van der Waals surface area contributed by atoms with Crippen molar-refractivity contribution in [3.63, 3.8) is 0 Å². The van der Waals surface area contributed by atoms with Gasteiger partial charge in [0.05, 0.1) is 0 Å². The molecule has 1 aliphatic rings. The normalized spacial score (nSPS) is 12.8. The number of ether oxygens (including phenoxy) is 1. The molecule has 1 heterocycles. The Bertz CT molecular complexity index is 650. The molecular weight excluding hydrogens is 318 g/mol. The molecule has 3 nitrogen and oxygen atoms in total. The smallest absolute Gasteiger partial charge is 0.293 e. The average molecular weight is 343 g/mol. The van der Waals surface area contributed by atoms with E-state index in [0.29, 0.717) is 6.47 Å². The van der Waals surface area contributed by atoms with E-state index in [1.54, 1.807) is 0 Å². The van der Waals surface area contributed by atoms with E-state index in [-0.39, 0.29) is 5.60 Å². The van der Waals surface area contributed by atoms with Crippen molar-refractivity contribution in [2.45, 2.75) is 50.1 Å². The minimum Gasteiger partial charge on any atom is -0.462 e. The molecule has 1 N–H and O–H groups in total. The predicted molar refractivity (Wildman–Crippen MR) is 99.9 cm³/mol. The first-order valence-electron chi connectivity index (χ1n) is 8.08. The molecule has 0 aliphatic carbocycles. The fourth-order valence-corrected chi connectivity index (χ4v) is 3.16. The summed E-state index contributed by atoms with van der Waals surface area (Å²) in [6, 6.07) is 17.4. The molecule has 0 atom stereocenters. The Balaban J connectivity index is 0.000000256. The Morgan fingerprint density at radius 3 is 2.42 bits per heavy atom. The lowest BCUT2D eigenvalue weighted by molar-refractivity contribution is -0.138. The molecular formula is C20H25NO2S. The number of benzene rings is 2. The maximum absolute atomic E-state index is 9.60. The van der Waals surface area contributed by atoms with Gasteiger partial charge in [-0.1, -0.05) is 36.4 Å². The summed E-state index contributed by atoms with van der Waals surface area (Å²) in [6.45, 7) is 7.97. The lowest BCUT2D eigenvalue weighted by atomic mass is 10.1. The van der Waals surface area contributed by atoms with E-state index in [2.05, 4.69) is 58.6 Å². The van der Waals surface area contributed by atoms with Crippen LogP contribution in [0.15, 0.2) is 53.4 Å². The average Bonchev–Trinajstić information content (AvgIpc) is 3.01. The predicted octanol–water partition coefficient (Wildman–Crippen LogP) is 4.54. The summed E-state index contributed by atoms with van der Waals surface area (Å²) >= 11 is 1.91. The molecule has 0 bridgehead atoms. The van der Waals surface area contributed by atoms with Crippen LogP contribution in [0.5, 0.6) is 0 Å². The second-order valence-corrected chi connectivity index (χ2v) is 7.68. The number of hydrogen-bond acceptors (Lipinski definition) is 4. The van der Waals surface area contributed by atoms with Crippen molar-refractivity contribution in [2.24, 2.45) is 0 Å². The van der Waals surface area contributed by atoms with Gasteiger partial charge >= 0.3 is 0 Å². The second-order valence-electron chi connectivity index (χ2n) is 6.63. The van der Waals surface area contributed by atoms with Gasteiger partial charge in [-0.2, -0.15) is 0 Å². The quantitative estimate of drug-likeness (QED) is 0.653. The summed E-state index contributed by atoms with van der Waals surface area (Å²) in [5.41, 5.74) is 3.98. The lowest BCUT2D eigenvalue weighted by Crippen LogP contribution is -2.17. The molecule has 24 heavy (non-hydrogen) atoms. The standard InChI is InChI=1S/C15H15NS.C5H10O2/c1-2-4-12(5-3-1)11-17-15-7-6-13-9-16-10-14(13)8-15;1-5(2,3)7-4-6/h1-8,16H,9-11H2;4H,1-3H3. The van der Waals surface area contributed by atoms with Gasteiger partial charge in [0.25, 0.3) is 6.47 Å². The molecule has 0 saturated carbocycles. The van der Waals surface area contributed by atoms with E-state index in [9.17, 15) is 4.79 Å². The van der Waals surface area contributed by atoms with Crippen LogP contribution < -0.4 is 5.32 Å². The zero-order valence-electron chi connectivity index (χ0n) is 14.5. The molecule has 2 aromatic carbocycles. The van der Waals surface area contributed by atoms with Crippen LogP contribution in [0.4, 0.5) is 0 Å². The van der Waals surface area contributed by atoms with Crippen molar-refractivity contribution in [1.82, 2.24) is 5.32 Å². The van der Waals surface area contributed by atoms with Gasteiger partial charge in [-0.15, -0.1) is 11.8 Å². The molecule has 2 aromatic rings. The van der Waals surface area contributed by atoms with Gasteiger partial charge in [0.15, 0.2) is 0 Å². The molecule has 0 radical (unpaired) electrons.